The van der Waals surface area contributed by atoms with Crippen LogP contribution in [0.5, 0.6) is 0 Å². The van der Waals surface area contributed by atoms with Crippen molar-refractivity contribution >= 4 is 44.8 Å². The second kappa shape index (κ2) is 6.21. The minimum atomic E-state index is -0.0635. The lowest BCUT2D eigenvalue weighted by atomic mass is 9.90. The summed E-state index contributed by atoms with van der Waals surface area (Å²) in [5, 5.41) is 4.71. The van der Waals surface area contributed by atoms with Gasteiger partial charge in [0.05, 0.1) is 5.38 Å². The van der Waals surface area contributed by atoms with Gasteiger partial charge in [-0.3, -0.25) is 4.79 Å². The Morgan fingerprint density at radius 3 is 2.71 bits per heavy atom. The zero-order chi connectivity index (χ0) is 13.1. The summed E-state index contributed by atoms with van der Waals surface area (Å²) in [5.41, 5.74) is 0.181. The number of rotatable bonds is 4. The van der Waals surface area contributed by atoms with Gasteiger partial charge in [-0.05, 0) is 39.2 Å². The van der Waals surface area contributed by atoms with E-state index < -0.39 is 0 Å². The van der Waals surface area contributed by atoms with Crippen molar-refractivity contribution in [2.24, 2.45) is 5.41 Å². The summed E-state index contributed by atoms with van der Waals surface area (Å²) in [4.78, 5) is 12.5. The van der Waals surface area contributed by atoms with Crippen molar-refractivity contribution in [3.63, 3.8) is 0 Å². The Morgan fingerprint density at radius 2 is 2.24 bits per heavy atom. The minimum absolute atomic E-state index is 0.0299. The lowest BCUT2D eigenvalue weighted by Crippen LogP contribution is -2.31. The standard InChI is InChI=1S/C12H17BrClNOS/c1-12(2,3)6-8(14)7-15-11(16)10-9(13)4-5-17-10/h4-5,8H,6-7H2,1-3H3,(H,15,16). The van der Waals surface area contributed by atoms with Crippen LogP contribution in [0.25, 0.3) is 0 Å². The first-order valence-corrected chi connectivity index (χ1v) is 7.56. The molecule has 0 saturated heterocycles. The molecule has 0 aliphatic heterocycles. The Labute approximate surface area is 120 Å². The Balaban J connectivity index is 2.42. The van der Waals surface area contributed by atoms with Crippen LogP contribution in [0.3, 0.4) is 0 Å². The van der Waals surface area contributed by atoms with Gasteiger partial charge in [0, 0.05) is 11.0 Å². The molecule has 0 spiro atoms. The van der Waals surface area contributed by atoms with E-state index in [1.165, 1.54) is 11.3 Å². The molecule has 0 saturated carbocycles. The van der Waals surface area contributed by atoms with Gasteiger partial charge in [-0.2, -0.15) is 0 Å². The highest BCUT2D eigenvalue weighted by atomic mass is 79.9. The van der Waals surface area contributed by atoms with E-state index in [0.717, 1.165) is 10.9 Å². The van der Waals surface area contributed by atoms with Crippen molar-refractivity contribution in [3.8, 4) is 0 Å². The van der Waals surface area contributed by atoms with Crippen LogP contribution in [0.1, 0.15) is 36.9 Å². The van der Waals surface area contributed by atoms with Gasteiger partial charge in [0.15, 0.2) is 0 Å². The van der Waals surface area contributed by atoms with E-state index in [-0.39, 0.29) is 16.7 Å². The molecule has 2 nitrogen and oxygen atoms in total. The first-order chi connectivity index (χ1) is 7.79. The number of hydrogen-bond acceptors (Lipinski definition) is 2. The minimum Gasteiger partial charge on any atom is -0.350 e. The van der Waals surface area contributed by atoms with Crippen molar-refractivity contribution < 1.29 is 4.79 Å². The second-order valence-electron chi connectivity index (χ2n) is 5.17. The topological polar surface area (TPSA) is 29.1 Å². The van der Waals surface area contributed by atoms with E-state index in [0.29, 0.717) is 11.4 Å². The van der Waals surface area contributed by atoms with Crippen LogP contribution in [0, 0.1) is 5.41 Å². The van der Waals surface area contributed by atoms with Gasteiger partial charge >= 0.3 is 0 Å². The molecule has 0 bridgehead atoms. The molecule has 1 rings (SSSR count). The third kappa shape index (κ3) is 5.40. The summed E-state index contributed by atoms with van der Waals surface area (Å²) in [5.74, 6) is -0.0635. The molecule has 1 heterocycles. The normalized spacial score (nSPS) is 13.5. The van der Waals surface area contributed by atoms with Crippen molar-refractivity contribution in [1.82, 2.24) is 5.32 Å². The number of alkyl halides is 1. The number of carbonyl (C=O) groups is 1. The first kappa shape index (κ1) is 15.0. The van der Waals surface area contributed by atoms with Gasteiger partial charge in [0.2, 0.25) is 0 Å². The van der Waals surface area contributed by atoms with E-state index >= 15 is 0 Å². The summed E-state index contributed by atoms with van der Waals surface area (Å²) in [6.45, 7) is 6.92. The molecule has 0 aliphatic carbocycles. The zero-order valence-corrected chi connectivity index (χ0v) is 13.4. The molecule has 0 aliphatic rings. The van der Waals surface area contributed by atoms with Crippen LogP contribution in [0.15, 0.2) is 15.9 Å². The monoisotopic (exact) mass is 337 g/mol. The molecular formula is C12H17BrClNOS. The largest absolute Gasteiger partial charge is 0.350 e. The van der Waals surface area contributed by atoms with Crippen LogP contribution in [0.2, 0.25) is 0 Å². The average molecular weight is 339 g/mol. The Bertz CT molecular complexity index is 386. The molecule has 17 heavy (non-hydrogen) atoms. The number of nitrogens with one attached hydrogen (secondary N) is 1. The lowest BCUT2D eigenvalue weighted by Gasteiger charge is -2.21. The van der Waals surface area contributed by atoms with Crippen molar-refractivity contribution in [2.45, 2.75) is 32.6 Å². The van der Waals surface area contributed by atoms with E-state index in [9.17, 15) is 4.79 Å². The third-order valence-corrected chi connectivity index (χ3v) is 4.29. The quantitative estimate of drug-likeness (QED) is 0.816. The van der Waals surface area contributed by atoms with E-state index in [4.69, 9.17) is 11.6 Å². The Hall–Kier alpha value is -0.0600. The number of thiophene rings is 1. The van der Waals surface area contributed by atoms with Crippen LogP contribution in [-0.2, 0) is 0 Å². The summed E-state index contributed by atoms with van der Waals surface area (Å²) in [6.07, 6.45) is 0.875. The summed E-state index contributed by atoms with van der Waals surface area (Å²) in [6, 6.07) is 1.87. The molecule has 0 fully saturated rings. The van der Waals surface area contributed by atoms with Gasteiger partial charge in [-0.1, -0.05) is 20.8 Å². The molecule has 0 radical (unpaired) electrons. The molecular weight excluding hydrogens is 322 g/mol. The average Bonchev–Trinajstić information content (AvgIpc) is 2.58. The molecule has 1 N–H and O–H groups in total. The Kier molecular flexibility index (Phi) is 5.48. The van der Waals surface area contributed by atoms with Crippen LogP contribution in [-0.4, -0.2) is 17.8 Å². The third-order valence-electron chi connectivity index (χ3n) is 2.14. The van der Waals surface area contributed by atoms with Gasteiger partial charge in [-0.15, -0.1) is 22.9 Å². The summed E-state index contributed by atoms with van der Waals surface area (Å²) < 4.78 is 0.835. The van der Waals surface area contributed by atoms with Crippen molar-refractivity contribution in [3.05, 3.63) is 20.8 Å². The molecule has 0 aromatic carbocycles. The molecule has 1 aromatic heterocycles. The lowest BCUT2D eigenvalue weighted by molar-refractivity contribution is 0.0955. The number of hydrogen-bond donors (Lipinski definition) is 1. The van der Waals surface area contributed by atoms with Crippen LogP contribution < -0.4 is 5.32 Å². The second-order valence-corrected chi connectivity index (χ2v) is 7.56. The van der Waals surface area contributed by atoms with Gasteiger partial charge < -0.3 is 5.32 Å². The highest BCUT2D eigenvalue weighted by molar-refractivity contribution is 9.10. The fourth-order valence-corrected chi connectivity index (χ4v) is 3.48. The molecule has 1 unspecified atom stereocenters. The summed E-state index contributed by atoms with van der Waals surface area (Å²) in [7, 11) is 0. The maximum Gasteiger partial charge on any atom is 0.262 e. The summed E-state index contributed by atoms with van der Waals surface area (Å²) >= 11 is 10.9. The van der Waals surface area contributed by atoms with E-state index in [1.807, 2.05) is 11.4 Å². The van der Waals surface area contributed by atoms with E-state index in [1.54, 1.807) is 0 Å². The number of carbonyl (C=O) groups excluding carboxylic acids is 1. The van der Waals surface area contributed by atoms with Gasteiger partial charge in [0.1, 0.15) is 4.88 Å². The Morgan fingerprint density at radius 1 is 1.59 bits per heavy atom. The predicted octanol–water partition coefficient (Wildman–Crippen LogP) is 4.28. The van der Waals surface area contributed by atoms with Gasteiger partial charge in [0.25, 0.3) is 5.91 Å². The smallest absolute Gasteiger partial charge is 0.262 e. The van der Waals surface area contributed by atoms with Crippen LogP contribution in [0.4, 0.5) is 0 Å². The first-order valence-electron chi connectivity index (χ1n) is 5.45. The zero-order valence-electron chi connectivity index (χ0n) is 10.2. The van der Waals surface area contributed by atoms with Crippen molar-refractivity contribution in [1.29, 1.82) is 0 Å². The van der Waals surface area contributed by atoms with Gasteiger partial charge in [-0.25, -0.2) is 0 Å². The fourth-order valence-electron chi connectivity index (χ4n) is 1.48. The maximum absolute atomic E-state index is 11.8. The molecule has 1 aromatic rings. The van der Waals surface area contributed by atoms with Crippen molar-refractivity contribution in [2.75, 3.05) is 6.54 Å². The molecule has 1 amide bonds. The molecule has 96 valence electrons. The van der Waals surface area contributed by atoms with E-state index in [2.05, 4.69) is 42.0 Å². The number of amides is 1. The number of halogens is 2. The van der Waals surface area contributed by atoms with Crippen LogP contribution >= 0.6 is 38.9 Å². The fraction of sp³-hybridized carbons (Fsp3) is 0.583. The SMILES string of the molecule is CC(C)(C)CC(Cl)CNC(=O)c1sccc1Br. The predicted molar refractivity (Wildman–Crippen MR) is 78.1 cm³/mol. The highest BCUT2D eigenvalue weighted by Gasteiger charge is 2.18. The maximum atomic E-state index is 11.8. The molecule has 5 heteroatoms. The highest BCUT2D eigenvalue weighted by Crippen LogP contribution is 2.24. The molecule has 1 atom stereocenters.